The summed E-state index contributed by atoms with van der Waals surface area (Å²) in [4.78, 5) is 14.8. The molecule has 5 heteroatoms. The van der Waals surface area contributed by atoms with Crippen LogP contribution in [0.3, 0.4) is 0 Å². The summed E-state index contributed by atoms with van der Waals surface area (Å²) in [6.07, 6.45) is 2.33. The molecule has 1 unspecified atom stereocenters. The number of nitrogens with zero attached hydrogens (tertiary/aromatic N) is 1. The fourth-order valence-electron chi connectivity index (χ4n) is 3.03. The standard InChI is InChI=1S/C15H29N3O2/c1-15(2,13-4-3-5-16-12-13)14(19)17-6-7-18-8-10-20-11-9-18/h13,16H,3-12H2,1-2H3,(H,17,19). The summed E-state index contributed by atoms with van der Waals surface area (Å²) in [7, 11) is 0. The minimum absolute atomic E-state index is 0.194. The molecule has 0 radical (unpaired) electrons. The smallest absolute Gasteiger partial charge is 0.226 e. The van der Waals surface area contributed by atoms with Crippen LogP contribution in [0.25, 0.3) is 0 Å². The third-order valence-corrected chi connectivity index (χ3v) is 4.72. The van der Waals surface area contributed by atoms with Gasteiger partial charge in [-0.15, -0.1) is 0 Å². The van der Waals surface area contributed by atoms with E-state index in [0.29, 0.717) is 5.92 Å². The maximum atomic E-state index is 12.4. The molecule has 0 aliphatic carbocycles. The fraction of sp³-hybridized carbons (Fsp3) is 0.933. The Labute approximate surface area is 122 Å². The highest BCUT2D eigenvalue weighted by Gasteiger charge is 2.36. The zero-order valence-corrected chi connectivity index (χ0v) is 12.9. The van der Waals surface area contributed by atoms with Crippen molar-refractivity contribution >= 4 is 5.91 Å². The average Bonchev–Trinajstić information content (AvgIpc) is 2.49. The van der Waals surface area contributed by atoms with Gasteiger partial charge in [-0.2, -0.15) is 0 Å². The molecule has 0 aromatic carbocycles. The highest BCUT2D eigenvalue weighted by Crippen LogP contribution is 2.31. The fourth-order valence-corrected chi connectivity index (χ4v) is 3.03. The van der Waals surface area contributed by atoms with Gasteiger partial charge in [0.2, 0.25) is 5.91 Å². The lowest BCUT2D eigenvalue weighted by molar-refractivity contribution is -0.132. The lowest BCUT2D eigenvalue weighted by atomic mass is 9.74. The molecule has 0 aromatic rings. The van der Waals surface area contributed by atoms with E-state index in [1.807, 2.05) is 0 Å². The quantitative estimate of drug-likeness (QED) is 0.770. The van der Waals surface area contributed by atoms with Gasteiger partial charge in [0.25, 0.3) is 0 Å². The van der Waals surface area contributed by atoms with Crippen molar-refractivity contribution in [3.8, 4) is 0 Å². The maximum Gasteiger partial charge on any atom is 0.226 e. The summed E-state index contributed by atoms with van der Waals surface area (Å²) in [5, 5.41) is 6.52. The van der Waals surface area contributed by atoms with Crippen LogP contribution in [0.2, 0.25) is 0 Å². The van der Waals surface area contributed by atoms with Crippen molar-refractivity contribution in [2.45, 2.75) is 26.7 Å². The first kappa shape index (κ1) is 15.7. The molecule has 2 aliphatic rings. The van der Waals surface area contributed by atoms with Crippen LogP contribution in [0.5, 0.6) is 0 Å². The van der Waals surface area contributed by atoms with Crippen LogP contribution in [0.1, 0.15) is 26.7 Å². The van der Waals surface area contributed by atoms with Crippen molar-refractivity contribution in [3.63, 3.8) is 0 Å². The van der Waals surface area contributed by atoms with Crippen LogP contribution in [-0.4, -0.2) is 63.3 Å². The molecule has 1 amide bonds. The monoisotopic (exact) mass is 283 g/mol. The summed E-state index contributed by atoms with van der Waals surface area (Å²) in [6, 6.07) is 0. The van der Waals surface area contributed by atoms with Crippen molar-refractivity contribution in [1.82, 2.24) is 15.5 Å². The predicted octanol–water partition coefficient (Wildman–Crippen LogP) is 0.461. The minimum atomic E-state index is -0.279. The molecular weight excluding hydrogens is 254 g/mol. The number of amides is 1. The van der Waals surface area contributed by atoms with E-state index in [-0.39, 0.29) is 11.3 Å². The van der Waals surface area contributed by atoms with E-state index in [1.54, 1.807) is 0 Å². The number of hydrogen-bond donors (Lipinski definition) is 2. The van der Waals surface area contributed by atoms with E-state index in [2.05, 4.69) is 29.4 Å². The highest BCUT2D eigenvalue weighted by atomic mass is 16.5. The third kappa shape index (κ3) is 4.17. The van der Waals surface area contributed by atoms with E-state index in [1.165, 1.54) is 6.42 Å². The molecule has 2 aliphatic heterocycles. The molecule has 0 spiro atoms. The van der Waals surface area contributed by atoms with Crippen LogP contribution in [0.15, 0.2) is 0 Å². The van der Waals surface area contributed by atoms with Crippen molar-refractivity contribution in [1.29, 1.82) is 0 Å². The van der Waals surface area contributed by atoms with Gasteiger partial charge >= 0.3 is 0 Å². The number of hydrogen-bond acceptors (Lipinski definition) is 4. The molecule has 1 atom stereocenters. The van der Waals surface area contributed by atoms with Crippen LogP contribution in [0, 0.1) is 11.3 Å². The minimum Gasteiger partial charge on any atom is -0.379 e. The zero-order valence-electron chi connectivity index (χ0n) is 12.9. The Morgan fingerprint density at radius 3 is 2.80 bits per heavy atom. The molecule has 0 saturated carbocycles. The van der Waals surface area contributed by atoms with E-state index < -0.39 is 0 Å². The molecular formula is C15H29N3O2. The van der Waals surface area contributed by atoms with Crippen LogP contribution >= 0.6 is 0 Å². The Bertz CT molecular complexity index is 308. The number of nitrogens with one attached hydrogen (secondary N) is 2. The van der Waals surface area contributed by atoms with Crippen molar-refractivity contribution in [2.24, 2.45) is 11.3 Å². The van der Waals surface area contributed by atoms with Crippen molar-refractivity contribution < 1.29 is 9.53 Å². The molecule has 2 fully saturated rings. The molecule has 5 nitrogen and oxygen atoms in total. The van der Waals surface area contributed by atoms with Gasteiger partial charge in [-0.3, -0.25) is 9.69 Å². The lowest BCUT2D eigenvalue weighted by Gasteiger charge is -2.36. The Morgan fingerprint density at radius 1 is 1.40 bits per heavy atom. The summed E-state index contributed by atoms with van der Waals surface area (Å²) in [5.41, 5.74) is -0.279. The van der Waals surface area contributed by atoms with E-state index in [4.69, 9.17) is 4.74 Å². The van der Waals surface area contributed by atoms with E-state index in [9.17, 15) is 4.79 Å². The number of rotatable bonds is 5. The number of piperidine rings is 1. The molecule has 0 bridgehead atoms. The van der Waals surface area contributed by atoms with E-state index in [0.717, 1.165) is 58.9 Å². The van der Waals surface area contributed by atoms with Gasteiger partial charge in [-0.05, 0) is 31.8 Å². The second-order valence-electron chi connectivity index (χ2n) is 6.47. The molecule has 20 heavy (non-hydrogen) atoms. The van der Waals surface area contributed by atoms with Gasteiger partial charge < -0.3 is 15.4 Å². The first-order valence-corrected chi connectivity index (χ1v) is 7.90. The first-order chi connectivity index (χ1) is 9.60. The normalized spacial score (nSPS) is 25.4. The topological polar surface area (TPSA) is 53.6 Å². The molecule has 116 valence electrons. The zero-order chi connectivity index (χ0) is 14.4. The van der Waals surface area contributed by atoms with Gasteiger partial charge in [-0.1, -0.05) is 13.8 Å². The van der Waals surface area contributed by atoms with Gasteiger partial charge in [0.1, 0.15) is 0 Å². The van der Waals surface area contributed by atoms with Gasteiger partial charge in [-0.25, -0.2) is 0 Å². The predicted molar refractivity (Wildman–Crippen MR) is 79.6 cm³/mol. The summed E-state index contributed by atoms with van der Waals surface area (Å²) in [5.74, 6) is 0.638. The molecule has 2 N–H and O–H groups in total. The van der Waals surface area contributed by atoms with E-state index >= 15 is 0 Å². The Morgan fingerprint density at radius 2 is 2.15 bits per heavy atom. The number of morpholine rings is 1. The van der Waals surface area contributed by atoms with Gasteiger partial charge in [0.05, 0.1) is 13.2 Å². The van der Waals surface area contributed by atoms with Gasteiger partial charge in [0, 0.05) is 31.6 Å². The first-order valence-electron chi connectivity index (χ1n) is 7.90. The molecule has 2 saturated heterocycles. The van der Waals surface area contributed by atoms with Crippen LogP contribution in [0.4, 0.5) is 0 Å². The molecule has 2 heterocycles. The van der Waals surface area contributed by atoms with Gasteiger partial charge in [0.15, 0.2) is 0 Å². The largest absolute Gasteiger partial charge is 0.379 e. The Kier molecular flexibility index (Phi) is 5.81. The average molecular weight is 283 g/mol. The Hall–Kier alpha value is -0.650. The molecule has 0 aromatic heterocycles. The summed E-state index contributed by atoms with van der Waals surface area (Å²) in [6.45, 7) is 11.5. The maximum absolute atomic E-state index is 12.4. The van der Waals surface area contributed by atoms with Crippen LogP contribution < -0.4 is 10.6 Å². The number of carbonyl (C=O) groups excluding carboxylic acids is 1. The Balaban J connectivity index is 1.72. The summed E-state index contributed by atoms with van der Waals surface area (Å²) < 4.78 is 5.32. The second-order valence-corrected chi connectivity index (χ2v) is 6.47. The SMILES string of the molecule is CC(C)(C(=O)NCCN1CCOCC1)C1CCCNC1. The molecule has 2 rings (SSSR count). The number of ether oxygens (including phenoxy) is 1. The number of carbonyl (C=O) groups is 1. The summed E-state index contributed by atoms with van der Waals surface area (Å²) >= 11 is 0. The second kappa shape index (κ2) is 7.38. The van der Waals surface area contributed by atoms with Crippen molar-refractivity contribution in [2.75, 3.05) is 52.5 Å². The lowest BCUT2D eigenvalue weighted by Crippen LogP contribution is -2.49. The highest BCUT2D eigenvalue weighted by molar-refractivity contribution is 5.82. The third-order valence-electron chi connectivity index (χ3n) is 4.72. The van der Waals surface area contributed by atoms with Crippen molar-refractivity contribution in [3.05, 3.63) is 0 Å². The van der Waals surface area contributed by atoms with Crippen LogP contribution in [-0.2, 0) is 9.53 Å².